The number of hydrogen-bond donors (Lipinski definition) is 0. The molecule has 0 atom stereocenters. The minimum atomic E-state index is 0.888. The fourth-order valence-electron chi connectivity index (χ4n) is 4.05. The number of aromatic nitrogens is 1. The number of para-hydroxylation sites is 1. The van der Waals surface area contributed by atoms with Gasteiger partial charge in [0, 0.05) is 16.5 Å². The molecule has 1 heteroatoms. The van der Waals surface area contributed by atoms with Gasteiger partial charge in [0.15, 0.2) is 0 Å². The summed E-state index contributed by atoms with van der Waals surface area (Å²) in [6.07, 6.45) is 2.85. The number of benzene rings is 4. The Morgan fingerprint density at radius 2 is 1.39 bits per heavy atom. The third-order valence-corrected chi connectivity index (χ3v) is 5.33. The Morgan fingerprint density at radius 1 is 0.643 bits per heavy atom. The van der Waals surface area contributed by atoms with E-state index in [4.69, 9.17) is 0 Å². The molecular weight excluding hydrogens is 338 g/mol. The van der Waals surface area contributed by atoms with Crippen molar-refractivity contribution in [2.24, 2.45) is 0 Å². The number of nitrogens with zero attached hydrogens (tertiary/aromatic N) is 1. The monoisotopic (exact) mass is 359 g/mol. The summed E-state index contributed by atoms with van der Waals surface area (Å²) in [5, 5.41) is 2.58. The molecule has 0 aliphatic heterocycles. The van der Waals surface area contributed by atoms with Crippen LogP contribution in [0.2, 0.25) is 0 Å². The van der Waals surface area contributed by atoms with Gasteiger partial charge in [-0.3, -0.25) is 0 Å². The first kappa shape index (κ1) is 16.6. The first-order valence-corrected chi connectivity index (χ1v) is 9.64. The maximum atomic E-state index is 3.88. The topological polar surface area (TPSA) is 4.93 Å². The van der Waals surface area contributed by atoms with E-state index in [1.165, 1.54) is 44.2 Å². The van der Waals surface area contributed by atoms with Crippen molar-refractivity contribution in [3.8, 4) is 16.8 Å². The SMILES string of the molecule is C=CCc1ccc2c(c1)c1ccccc1n2-c1cccc(-c2ccccc2)c1. The second-order valence-electron chi connectivity index (χ2n) is 7.11. The molecule has 4 aromatic carbocycles. The average molecular weight is 359 g/mol. The molecule has 134 valence electrons. The van der Waals surface area contributed by atoms with E-state index >= 15 is 0 Å². The molecule has 0 saturated carbocycles. The third kappa shape index (κ3) is 2.73. The molecule has 0 unspecified atom stereocenters. The lowest BCUT2D eigenvalue weighted by atomic mass is 10.1. The van der Waals surface area contributed by atoms with Gasteiger partial charge in [-0.1, -0.05) is 72.8 Å². The molecule has 28 heavy (non-hydrogen) atoms. The summed E-state index contributed by atoms with van der Waals surface area (Å²) in [5.74, 6) is 0. The van der Waals surface area contributed by atoms with E-state index in [2.05, 4.69) is 108 Å². The highest BCUT2D eigenvalue weighted by molar-refractivity contribution is 6.09. The maximum Gasteiger partial charge on any atom is 0.0541 e. The Balaban J connectivity index is 1.78. The van der Waals surface area contributed by atoms with Crippen molar-refractivity contribution in [2.75, 3.05) is 0 Å². The minimum absolute atomic E-state index is 0.888. The maximum absolute atomic E-state index is 3.88. The Kier molecular flexibility index (Phi) is 4.06. The zero-order chi connectivity index (χ0) is 18.9. The Hall–Kier alpha value is -3.58. The van der Waals surface area contributed by atoms with Gasteiger partial charge in [-0.2, -0.15) is 0 Å². The molecule has 0 amide bonds. The van der Waals surface area contributed by atoms with E-state index in [0.29, 0.717) is 0 Å². The van der Waals surface area contributed by atoms with E-state index in [0.717, 1.165) is 6.42 Å². The van der Waals surface area contributed by atoms with Crippen LogP contribution >= 0.6 is 0 Å². The van der Waals surface area contributed by atoms with Crippen molar-refractivity contribution in [3.63, 3.8) is 0 Å². The van der Waals surface area contributed by atoms with Crippen molar-refractivity contribution < 1.29 is 0 Å². The fourth-order valence-corrected chi connectivity index (χ4v) is 4.05. The lowest BCUT2D eigenvalue weighted by Gasteiger charge is -2.10. The molecule has 0 fully saturated rings. The van der Waals surface area contributed by atoms with Crippen molar-refractivity contribution >= 4 is 21.8 Å². The minimum Gasteiger partial charge on any atom is -0.309 e. The molecular formula is C27H21N. The van der Waals surface area contributed by atoms with Gasteiger partial charge in [0.05, 0.1) is 11.0 Å². The van der Waals surface area contributed by atoms with Crippen LogP contribution in [-0.2, 0) is 6.42 Å². The summed E-state index contributed by atoms with van der Waals surface area (Å²) < 4.78 is 2.37. The Labute approximate surface area is 165 Å². The predicted molar refractivity (Wildman–Crippen MR) is 120 cm³/mol. The highest BCUT2D eigenvalue weighted by Crippen LogP contribution is 2.33. The zero-order valence-electron chi connectivity index (χ0n) is 15.7. The Bertz CT molecular complexity index is 1290. The predicted octanol–water partition coefficient (Wildman–Crippen LogP) is 7.18. The van der Waals surface area contributed by atoms with Gasteiger partial charge in [0.1, 0.15) is 0 Å². The van der Waals surface area contributed by atoms with Crippen molar-refractivity contribution in [3.05, 3.63) is 115 Å². The van der Waals surface area contributed by atoms with Crippen LogP contribution in [0.25, 0.3) is 38.6 Å². The van der Waals surface area contributed by atoms with E-state index in [9.17, 15) is 0 Å². The molecule has 1 nitrogen and oxygen atoms in total. The number of allylic oxidation sites excluding steroid dienone is 1. The summed E-state index contributed by atoms with van der Waals surface area (Å²) in [7, 11) is 0. The largest absolute Gasteiger partial charge is 0.309 e. The molecule has 1 aromatic heterocycles. The summed E-state index contributed by atoms with van der Waals surface area (Å²) in [4.78, 5) is 0. The molecule has 5 aromatic rings. The molecule has 0 saturated heterocycles. The summed E-state index contributed by atoms with van der Waals surface area (Å²) >= 11 is 0. The average Bonchev–Trinajstić information content (AvgIpc) is 3.09. The number of hydrogen-bond acceptors (Lipinski definition) is 0. The quantitative estimate of drug-likeness (QED) is 0.300. The summed E-state index contributed by atoms with van der Waals surface area (Å²) in [6.45, 7) is 3.88. The number of rotatable bonds is 4. The lowest BCUT2D eigenvalue weighted by molar-refractivity contribution is 1.18. The molecule has 0 bridgehead atoms. The van der Waals surface area contributed by atoms with Gasteiger partial charge in [-0.05, 0) is 53.4 Å². The Morgan fingerprint density at radius 3 is 2.25 bits per heavy atom. The van der Waals surface area contributed by atoms with Gasteiger partial charge in [0.2, 0.25) is 0 Å². The summed E-state index contributed by atoms with van der Waals surface area (Å²) in [6, 6.07) is 34.7. The van der Waals surface area contributed by atoms with Crippen LogP contribution < -0.4 is 0 Å². The van der Waals surface area contributed by atoms with Gasteiger partial charge >= 0.3 is 0 Å². The van der Waals surface area contributed by atoms with E-state index in [1.807, 2.05) is 6.08 Å². The van der Waals surface area contributed by atoms with E-state index in [-0.39, 0.29) is 0 Å². The van der Waals surface area contributed by atoms with Crippen LogP contribution in [0.4, 0.5) is 0 Å². The van der Waals surface area contributed by atoms with Crippen molar-refractivity contribution in [2.45, 2.75) is 6.42 Å². The van der Waals surface area contributed by atoms with Crippen LogP contribution in [-0.4, -0.2) is 4.57 Å². The highest BCUT2D eigenvalue weighted by Gasteiger charge is 2.12. The van der Waals surface area contributed by atoms with Gasteiger partial charge in [-0.25, -0.2) is 0 Å². The van der Waals surface area contributed by atoms with Crippen LogP contribution in [0, 0.1) is 0 Å². The first-order chi connectivity index (χ1) is 13.8. The molecule has 1 heterocycles. The molecule has 0 radical (unpaired) electrons. The van der Waals surface area contributed by atoms with Gasteiger partial charge in [-0.15, -0.1) is 6.58 Å². The van der Waals surface area contributed by atoms with Crippen LogP contribution in [0.15, 0.2) is 110 Å². The van der Waals surface area contributed by atoms with E-state index in [1.54, 1.807) is 0 Å². The summed E-state index contributed by atoms with van der Waals surface area (Å²) in [5.41, 5.74) is 7.41. The molecule has 5 rings (SSSR count). The highest BCUT2D eigenvalue weighted by atomic mass is 15.0. The third-order valence-electron chi connectivity index (χ3n) is 5.33. The van der Waals surface area contributed by atoms with Gasteiger partial charge in [0.25, 0.3) is 0 Å². The second-order valence-corrected chi connectivity index (χ2v) is 7.11. The van der Waals surface area contributed by atoms with Crippen LogP contribution in [0.1, 0.15) is 5.56 Å². The molecule has 0 spiro atoms. The fraction of sp³-hybridized carbons (Fsp3) is 0.0370. The first-order valence-electron chi connectivity index (χ1n) is 9.64. The van der Waals surface area contributed by atoms with Gasteiger partial charge < -0.3 is 4.57 Å². The second kappa shape index (κ2) is 6.86. The smallest absolute Gasteiger partial charge is 0.0541 e. The standard InChI is InChI=1S/C27H21N/c1-2-9-20-16-17-27-25(18-20)24-14-6-7-15-26(24)28(27)23-13-8-12-22(19-23)21-10-4-3-5-11-21/h2-8,10-19H,1,9H2. The zero-order valence-corrected chi connectivity index (χ0v) is 15.7. The lowest BCUT2D eigenvalue weighted by Crippen LogP contribution is -1.94. The normalized spacial score (nSPS) is 11.1. The number of fused-ring (bicyclic) bond motifs is 3. The van der Waals surface area contributed by atoms with Crippen LogP contribution in [0.3, 0.4) is 0 Å². The molecule has 0 aliphatic carbocycles. The molecule has 0 aliphatic rings. The molecule has 0 N–H and O–H groups in total. The van der Waals surface area contributed by atoms with Crippen LogP contribution in [0.5, 0.6) is 0 Å². The van der Waals surface area contributed by atoms with Crippen molar-refractivity contribution in [1.82, 2.24) is 4.57 Å². The van der Waals surface area contributed by atoms with Crippen molar-refractivity contribution in [1.29, 1.82) is 0 Å². The van der Waals surface area contributed by atoms with E-state index < -0.39 is 0 Å².